The minimum atomic E-state index is -0.0821. The Morgan fingerprint density at radius 2 is 1.96 bits per heavy atom. The maximum absolute atomic E-state index is 12.8. The Balaban J connectivity index is 1.73. The van der Waals surface area contributed by atoms with E-state index in [9.17, 15) is 9.59 Å². The molecule has 0 aliphatic heterocycles. The van der Waals surface area contributed by atoms with E-state index in [0.29, 0.717) is 29.8 Å². The average molecular weight is 341 g/mol. The summed E-state index contributed by atoms with van der Waals surface area (Å²) in [5.74, 6) is 2.09. The number of fused-ring (bicyclic) bond motifs is 4. The first-order valence-electron chi connectivity index (χ1n) is 10.4. The summed E-state index contributed by atoms with van der Waals surface area (Å²) < 4.78 is 0. The molecule has 2 saturated carbocycles. The van der Waals surface area contributed by atoms with Gasteiger partial charge in [-0.05, 0) is 92.8 Å². The van der Waals surface area contributed by atoms with Gasteiger partial charge in [0, 0.05) is 11.8 Å². The molecule has 0 heterocycles. The van der Waals surface area contributed by atoms with Gasteiger partial charge in [-0.15, -0.1) is 0 Å². The zero-order valence-corrected chi connectivity index (χ0v) is 16.1. The van der Waals surface area contributed by atoms with Crippen molar-refractivity contribution in [1.29, 1.82) is 0 Å². The van der Waals surface area contributed by atoms with E-state index < -0.39 is 0 Å². The van der Waals surface area contributed by atoms with Crippen molar-refractivity contribution in [2.45, 2.75) is 85.0 Å². The van der Waals surface area contributed by atoms with Crippen LogP contribution >= 0.6 is 0 Å². The van der Waals surface area contributed by atoms with Crippen LogP contribution < -0.4 is 0 Å². The molecule has 4 aliphatic carbocycles. The molecule has 0 saturated heterocycles. The molecule has 4 atom stereocenters. The summed E-state index contributed by atoms with van der Waals surface area (Å²) in [6.45, 7) is 6.53. The second-order valence-electron chi connectivity index (χ2n) is 9.24. The standard InChI is InChI=1S/C23H32O2/c1-4-11-23(15(2)24)13-10-21-20-7-5-16-14-17(25)6-8-18(16)19(20)9-12-22(21,23)3/h14,20-21H,4-13H2,1-3H3/t20-,21+,22+,23-/m1/s1. The van der Waals surface area contributed by atoms with E-state index in [2.05, 4.69) is 13.8 Å². The smallest absolute Gasteiger partial charge is 0.156 e. The van der Waals surface area contributed by atoms with Crippen molar-refractivity contribution >= 4 is 11.6 Å². The minimum Gasteiger partial charge on any atom is -0.299 e. The lowest BCUT2D eigenvalue weighted by Crippen LogP contribution is -2.48. The fraction of sp³-hybridized carbons (Fsp3) is 0.739. The first kappa shape index (κ1) is 17.2. The highest BCUT2D eigenvalue weighted by atomic mass is 16.1. The van der Waals surface area contributed by atoms with Gasteiger partial charge in [0.1, 0.15) is 5.78 Å². The van der Waals surface area contributed by atoms with Crippen LogP contribution in [-0.2, 0) is 9.59 Å². The zero-order valence-electron chi connectivity index (χ0n) is 16.1. The topological polar surface area (TPSA) is 34.1 Å². The lowest BCUT2D eigenvalue weighted by molar-refractivity contribution is -0.136. The third-order valence-corrected chi connectivity index (χ3v) is 8.45. The van der Waals surface area contributed by atoms with Gasteiger partial charge in [0.15, 0.2) is 5.78 Å². The Labute approximate surface area is 152 Å². The quantitative estimate of drug-likeness (QED) is 0.673. The van der Waals surface area contributed by atoms with Crippen molar-refractivity contribution in [3.63, 3.8) is 0 Å². The molecule has 0 radical (unpaired) electrons. The van der Waals surface area contributed by atoms with Crippen LogP contribution in [0.3, 0.4) is 0 Å². The molecule has 0 amide bonds. The van der Waals surface area contributed by atoms with Crippen molar-refractivity contribution in [3.8, 4) is 0 Å². The van der Waals surface area contributed by atoms with Crippen molar-refractivity contribution < 1.29 is 9.59 Å². The Morgan fingerprint density at radius 3 is 2.68 bits per heavy atom. The number of carbonyl (C=O) groups is 2. The summed E-state index contributed by atoms with van der Waals surface area (Å²) in [5.41, 5.74) is 4.64. The van der Waals surface area contributed by atoms with Crippen LogP contribution in [0.1, 0.15) is 85.0 Å². The van der Waals surface area contributed by atoms with Gasteiger partial charge in [-0.3, -0.25) is 9.59 Å². The molecule has 0 aromatic carbocycles. The fourth-order valence-corrected chi connectivity index (χ4v) is 7.26. The molecule has 4 rings (SSSR count). The maximum Gasteiger partial charge on any atom is 0.156 e. The largest absolute Gasteiger partial charge is 0.299 e. The molecule has 0 N–H and O–H groups in total. The maximum atomic E-state index is 12.8. The number of carbonyl (C=O) groups excluding carboxylic acids is 2. The van der Waals surface area contributed by atoms with E-state index in [1.165, 1.54) is 24.0 Å². The lowest BCUT2D eigenvalue weighted by Gasteiger charge is -2.53. The van der Waals surface area contributed by atoms with E-state index >= 15 is 0 Å². The summed E-state index contributed by atoms with van der Waals surface area (Å²) in [6, 6.07) is 0. The first-order chi connectivity index (χ1) is 11.9. The van der Waals surface area contributed by atoms with Crippen LogP contribution in [0.4, 0.5) is 0 Å². The highest BCUT2D eigenvalue weighted by molar-refractivity contribution is 5.93. The Bertz CT molecular complexity index is 682. The van der Waals surface area contributed by atoms with E-state index in [-0.39, 0.29) is 10.8 Å². The van der Waals surface area contributed by atoms with Crippen LogP contribution in [0, 0.1) is 22.7 Å². The molecule has 2 fully saturated rings. The molecule has 4 aliphatic rings. The number of rotatable bonds is 3. The van der Waals surface area contributed by atoms with Crippen molar-refractivity contribution in [1.82, 2.24) is 0 Å². The SMILES string of the molecule is CCC[C@]1(C(C)=O)CC[C@H]2[C@@H]3CCC4=CC(=O)CCC4=C3CC[C@@]21C. The molecule has 25 heavy (non-hydrogen) atoms. The van der Waals surface area contributed by atoms with Gasteiger partial charge in [0.25, 0.3) is 0 Å². The number of hydrogen-bond donors (Lipinski definition) is 0. The van der Waals surface area contributed by atoms with Gasteiger partial charge in [-0.1, -0.05) is 25.8 Å². The van der Waals surface area contributed by atoms with Gasteiger partial charge in [0.05, 0.1) is 0 Å². The third kappa shape index (κ3) is 2.28. The predicted molar refractivity (Wildman–Crippen MR) is 100 cm³/mol. The first-order valence-corrected chi connectivity index (χ1v) is 10.4. The van der Waals surface area contributed by atoms with Gasteiger partial charge in [-0.25, -0.2) is 0 Å². The minimum absolute atomic E-state index is 0.0821. The van der Waals surface area contributed by atoms with E-state index in [4.69, 9.17) is 0 Å². The van der Waals surface area contributed by atoms with Crippen molar-refractivity contribution in [2.24, 2.45) is 22.7 Å². The molecule has 0 unspecified atom stereocenters. The zero-order chi connectivity index (χ0) is 17.8. The summed E-state index contributed by atoms with van der Waals surface area (Å²) in [7, 11) is 0. The van der Waals surface area contributed by atoms with Crippen LogP contribution in [0.15, 0.2) is 22.8 Å². The molecule has 0 bridgehead atoms. The molecule has 0 aromatic heterocycles. The molecule has 2 nitrogen and oxygen atoms in total. The lowest BCUT2D eigenvalue weighted by atomic mass is 9.50. The fourth-order valence-electron chi connectivity index (χ4n) is 7.26. The third-order valence-electron chi connectivity index (χ3n) is 8.45. The van der Waals surface area contributed by atoms with E-state index in [1.54, 1.807) is 5.57 Å². The van der Waals surface area contributed by atoms with E-state index in [1.807, 2.05) is 13.0 Å². The van der Waals surface area contributed by atoms with Crippen LogP contribution in [0.2, 0.25) is 0 Å². The van der Waals surface area contributed by atoms with Crippen LogP contribution in [-0.4, -0.2) is 11.6 Å². The van der Waals surface area contributed by atoms with Crippen molar-refractivity contribution in [2.75, 3.05) is 0 Å². The molecular formula is C23H32O2. The normalized spacial score (nSPS) is 40.3. The molecular weight excluding hydrogens is 308 g/mol. The highest BCUT2D eigenvalue weighted by Crippen LogP contribution is 2.68. The Hall–Kier alpha value is -1.18. The van der Waals surface area contributed by atoms with Crippen LogP contribution in [0.5, 0.6) is 0 Å². The summed E-state index contributed by atoms with van der Waals surface area (Å²) in [4.78, 5) is 24.6. The summed E-state index contributed by atoms with van der Waals surface area (Å²) in [5, 5.41) is 0. The number of ketones is 2. The average Bonchev–Trinajstić information content (AvgIpc) is 2.88. The molecule has 0 spiro atoms. The predicted octanol–water partition coefficient (Wildman–Crippen LogP) is 5.57. The monoisotopic (exact) mass is 340 g/mol. The molecule has 0 aromatic rings. The molecule has 2 heteroatoms. The van der Waals surface area contributed by atoms with Gasteiger partial charge in [0.2, 0.25) is 0 Å². The summed E-state index contributed by atoms with van der Waals surface area (Å²) >= 11 is 0. The van der Waals surface area contributed by atoms with Gasteiger partial charge in [-0.2, -0.15) is 0 Å². The summed E-state index contributed by atoms with van der Waals surface area (Å²) in [6.07, 6.45) is 12.7. The highest BCUT2D eigenvalue weighted by Gasteiger charge is 2.62. The second-order valence-corrected chi connectivity index (χ2v) is 9.24. The van der Waals surface area contributed by atoms with Gasteiger partial charge < -0.3 is 0 Å². The number of allylic oxidation sites excluding steroid dienone is 4. The number of hydrogen-bond acceptors (Lipinski definition) is 2. The van der Waals surface area contributed by atoms with E-state index in [0.717, 1.165) is 44.9 Å². The van der Waals surface area contributed by atoms with Crippen LogP contribution in [0.25, 0.3) is 0 Å². The number of Topliss-reactive ketones (excluding diaryl/α,β-unsaturated/α-hetero) is 1. The Kier molecular flexibility index (Phi) is 4.09. The molecule has 136 valence electrons. The Morgan fingerprint density at radius 1 is 1.16 bits per heavy atom. The van der Waals surface area contributed by atoms with Crippen molar-refractivity contribution in [3.05, 3.63) is 22.8 Å². The second kappa shape index (κ2) is 5.93. The van der Waals surface area contributed by atoms with Gasteiger partial charge >= 0.3 is 0 Å².